The predicted molar refractivity (Wildman–Crippen MR) is 127 cm³/mol. The maximum atomic E-state index is 2.54. The topological polar surface area (TPSA) is 0 Å². The van der Waals surface area contributed by atoms with Gasteiger partial charge in [0.2, 0.25) is 0 Å². The van der Waals surface area contributed by atoms with Crippen molar-refractivity contribution in [1.29, 1.82) is 0 Å². The van der Waals surface area contributed by atoms with Crippen LogP contribution in [0.15, 0.2) is 66.7 Å². The van der Waals surface area contributed by atoms with Crippen molar-refractivity contribution in [3.8, 4) is 22.3 Å². The monoisotopic (exact) mass is 382 g/mol. The van der Waals surface area contributed by atoms with Crippen LogP contribution in [-0.4, -0.2) is 0 Å². The lowest BCUT2D eigenvalue weighted by atomic mass is 9.72. The van der Waals surface area contributed by atoms with E-state index >= 15 is 0 Å². The van der Waals surface area contributed by atoms with E-state index in [-0.39, 0.29) is 5.41 Å². The highest BCUT2D eigenvalue weighted by Gasteiger charge is 2.31. The molecular formula is C29H34. The SMILES string of the molecule is CCc1cc(C(C)(C)C)c(C2CCCC2)c(-c2ccccc2)c1-c1ccccc1. The van der Waals surface area contributed by atoms with Gasteiger partial charge in [0.05, 0.1) is 0 Å². The lowest BCUT2D eigenvalue weighted by Gasteiger charge is -2.32. The molecule has 29 heavy (non-hydrogen) atoms. The summed E-state index contributed by atoms with van der Waals surface area (Å²) in [5.41, 5.74) is 10.5. The van der Waals surface area contributed by atoms with Gasteiger partial charge in [0.15, 0.2) is 0 Å². The molecule has 1 aliphatic carbocycles. The van der Waals surface area contributed by atoms with E-state index in [4.69, 9.17) is 0 Å². The van der Waals surface area contributed by atoms with Crippen LogP contribution in [0.5, 0.6) is 0 Å². The number of hydrogen-bond acceptors (Lipinski definition) is 0. The Labute approximate surface area is 177 Å². The van der Waals surface area contributed by atoms with Crippen LogP contribution in [-0.2, 0) is 11.8 Å². The van der Waals surface area contributed by atoms with Gasteiger partial charge in [-0.05, 0) is 69.5 Å². The van der Waals surface area contributed by atoms with Gasteiger partial charge in [0.1, 0.15) is 0 Å². The van der Waals surface area contributed by atoms with Crippen LogP contribution in [0.25, 0.3) is 22.3 Å². The fourth-order valence-electron chi connectivity index (χ4n) is 5.13. The van der Waals surface area contributed by atoms with Crippen LogP contribution in [0.1, 0.15) is 76.0 Å². The summed E-state index contributed by atoms with van der Waals surface area (Å²) in [6.45, 7) is 9.46. The van der Waals surface area contributed by atoms with Crippen molar-refractivity contribution < 1.29 is 0 Å². The minimum atomic E-state index is 0.139. The molecule has 0 nitrogen and oxygen atoms in total. The average Bonchev–Trinajstić information content (AvgIpc) is 3.27. The molecule has 0 atom stereocenters. The lowest BCUT2D eigenvalue weighted by molar-refractivity contribution is 0.568. The minimum Gasteiger partial charge on any atom is -0.0622 e. The third kappa shape index (κ3) is 3.90. The molecule has 1 fully saturated rings. The molecule has 1 saturated carbocycles. The molecule has 0 N–H and O–H groups in total. The summed E-state index contributed by atoms with van der Waals surface area (Å²) in [5, 5.41) is 0. The van der Waals surface area contributed by atoms with Crippen molar-refractivity contribution in [2.75, 3.05) is 0 Å². The molecule has 1 aliphatic rings. The van der Waals surface area contributed by atoms with Crippen LogP contribution in [0.3, 0.4) is 0 Å². The number of aryl methyl sites for hydroxylation is 1. The van der Waals surface area contributed by atoms with Crippen molar-refractivity contribution in [3.05, 3.63) is 83.4 Å². The van der Waals surface area contributed by atoms with Crippen molar-refractivity contribution in [3.63, 3.8) is 0 Å². The number of hydrogen-bond donors (Lipinski definition) is 0. The van der Waals surface area contributed by atoms with E-state index in [0.29, 0.717) is 5.92 Å². The molecule has 4 rings (SSSR count). The van der Waals surface area contributed by atoms with Gasteiger partial charge in [-0.25, -0.2) is 0 Å². The maximum absolute atomic E-state index is 2.54. The summed E-state index contributed by atoms with van der Waals surface area (Å²) >= 11 is 0. The Hall–Kier alpha value is -2.34. The van der Waals surface area contributed by atoms with Gasteiger partial charge in [0, 0.05) is 0 Å². The summed E-state index contributed by atoms with van der Waals surface area (Å²) in [6, 6.07) is 24.7. The Kier molecular flexibility index (Phi) is 5.63. The number of rotatable bonds is 4. The van der Waals surface area contributed by atoms with E-state index < -0.39 is 0 Å². The first-order valence-corrected chi connectivity index (χ1v) is 11.3. The maximum Gasteiger partial charge on any atom is -0.00648 e. The highest BCUT2D eigenvalue weighted by atomic mass is 14.3. The van der Waals surface area contributed by atoms with Gasteiger partial charge in [-0.1, -0.05) is 107 Å². The standard InChI is InChI=1S/C29H34/c1-5-21-20-25(29(2,3)4)27(23-18-12-13-19-23)28(24-16-10-7-11-17-24)26(21)22-14-8-6-9-15-22/h6-11,14-17,20,23H,5,12-13,18-19H2,1-4H3. The molecule has 3 aromatic carbocycles. The smallest absolute Gasteiger partial charge is 0.00648 e. The van der Waals surface area contributed by atoms with Crippen LogP contribution >= 0.6 is 0 Å². The molecule has 0 radical (unpaired) electrons. The number of benzene rings is 3. The molecule has 0 heterocycles. The second-order valence-corrected chi connectivity index (χ2v) is 9.56. The van der Waals surface area contributed by atoms with E-state index in [1.165, 1.54) is 53.5 Å². The van der Waals surface area contributed by atoms with Gasteiger partial charge in [0.25, 0.3) is 0 Å². The molecule has 0 aliphatic heterocycles. The molecule has 0 aromatic heterocycles. The van der Waals surface area contributed by atoms with E-state index in [9.17, 15) is 0 Å². The molecule has 0 amide bonds. The van der Waals surface area contributed by atoms with Gasteiger partial charge < -0.3 is 0 Å². The highest BCUT2D eigenvalue weighted by molar-refractivity contribution is 5.89. The zero-order chi connectivity index (χ0) is 20.4. The Morgan fingerprint density at radius 3 is 1.76 bits per heavy atom. The lowest BCUT2D eigenvalue weighted by Crippen LogP contribution is -2.18. The first kappa shape index (κ1) is 20.0. The normalized spacial score (nSPS) is 15.0. The zero-order valence-electron chi connectivity index (χ0n) is 18.5. The molecular weight excluding hydrogens is 348 g/mol. The van der Waals surface area contributed by atoms with Crippen LogP contribution in [0.4, 0.5) is 0 Å². The first-order valence-electron chi connectivity index (χ1n) is 11.3. The van der Waals surface area contributed by atoms with Gasteiger partial charge in [-0.15, -0.1) is 0 Å². The third-order valence-corrected chi connectivity index (χ3v) is 6.53. The van der Waals surface area contributed by atoms with Crippen LogP contribution in [0.2, 0.25) is 0 Å². The summed E-state index contributed by atoms with van der Waals surface area (Å²) < 4.78 is 0. The quantitative estimate of drug-likeness (QED) is 0.424. The summed E-state index contributed by atoms with van der Waals surface area (Å²) in [6.07, 6.45) is 6.42. The van der Waals surface area contributed by atoms with E-state index in [2.05, 4.69) is 94.4 Å². The van der Waals surface area contributed by atoms with Gasteiger partial charge in [-0.2, -0.15) is 0 Å². The Morgan fingerprint density at radius 2 is 1.28 bits per heavy atom. The molecule has 150 valence electrons. The first-order chi connectivity index (χ1) is 14.0. The Bertz CT molecular complexity index is 952. The molecule has 0 heteroatoms. The predicted octanol–water partition coefficient (Wildman–Crippen LogP) is 8.54. The fourth-order valence-corrected chi connectivity index (χ4v) is 5.13. The summed E-state index contributed by atoms with van der Waals surface area (Å²) in [5.74, 6) is 0.674. The van der Waals surface area contributed by atoms with Crippen LogP contribution < -0.4 is 0 Å². The van der Waals surface area contributed by atoms with E-state index in [1.54, 1.807) is 11.1 Å². The minimum absolute atomic E-state index is 0.139. The zero-order valence-corrected chi connectivity index (χ0v) is 18.5. The second kappa shape index (κ2) is 8.19. The van der Waals surface area contributed by atoms with Crippen LogP contribution in [0, 0.1) is 0 Å². The molecule has 3 aromatic rings. The summed E-state index contributed by atoms with van der Waals surface area (Å²) in [4.78, 5) is 0. The van der Waals surface area contributed by atoms with Crippen molar-refractivity contribution in [2.45, 2.75) is 71.1 Å². The van der Waals surface area contributed by atoms with E-state index in [1.807, 2.05) is 0 Å². The molecule has 0 bridgehead atoms. The Morgan fingerprint density at radius 1 is 0.759 bits per heavy atom. The molecule has 0 spiro atoms. The van der Waals surface area contributed by atoms with Crippen molar-refractivity contribution >= 4 is 0 Å². The van der Waals surface area contributed by atoms with E-state index in [0.717, 1.165) is 6.42 Å². The van der Waals surface area contributed by atoms with Crippen molar-refractivity contribution in [2.24, 2.45) is 0 Å². The largest absolute Gasteiger partial charge is 0.0622 e. The summed E-state index contributed by atoms with van der Waals surface area (Å²) in [7, 11) is 0. The second-order valence-electron chi connectivity index (χ2n) is 9.56. The fraction of sp³-hybridized carbons (Fsp3) is 0.379. The van der Waals surface area contributed by atoms with Gasteiger partial charge in [-0.3, -0.25) is 0 Å². The van der Waals surface area contributed by atoms with Gasteiger partial charge >= 0.3 is 0 Å². The highest BCUT2D eigenvalue weighted by Crippen LogP contribution is 2.49. The van der Waals surface area contributed by atoms with Crippen molar-refractivity contribution in [1.82, 2.24) is 0 Å². The third-order valence-electron chi connectivity index (χ3n) is 6.53. The average molecular weight is 383 g/mol. The molecule has 0 unspecified atom stereocenters. The Balaban J connectivity index is 2.14. The molecule has 0 saturated heterocycles.